The van der Waals surface area contributed by atoms with E-state index in [1.54, 1.807) is 4.68 Å². The first-order valence-corrected chi connectivity index (χ1v) is 9.47. The predicted octanol–water partition coefficient (Wildman–Crippen LogP) is 2.09. The maximum atomic E-state index is 12.2. The summed E-state index contributed by atoms with van der Waals surface area (Å²) in [6, 6.07) is 13.3. The number of rotatable bonds is 6. The molecule has 144 valence electrons. The Morgan fingerprint density at radius 1 is 1.07 bits per heavy atom. The lowest BCUT2D eigenvalue weighted by Crippen LogP contribution is -2.30. The van der Waals surface area contributed by atoms with E-state index in [1.807, 2.05) is 48.7 Å². The van der Waals surface area contributed by atoms with E-state index in [0.717, 1.165) is 40.9 Å². The lowest BCUT2D eigenvalue weighted by Gasteiger charge is -2.14. The summed E-state index contributed by atoms with van der Waals surface area (Å²) in [6.07, 6.45) is 4.42. The number of fused-ring (bicyclic) bond motifs is 1. The number of likely N-dealkylation sites (tertiary alicyclic amines) is 1. The van der Waals surface area contributed by atoms with Gasteiger partial charge in [0.15, 0.2) is 0 Å². The van der Waals surface area contributed by atoms with E-state index in [-0.39, 0.29) is 18.2 Å². The third kappa shape index (κ3) is 4.04. The van der Waals surface area contributed by atoms with Crippen LogP contribution in [0.15, 0.2) is 48.7 Å². The van der Waals surface area contributed by atoms with E-state index in [4.69, 9.17) is 5.73 Å². The van der Waals surface area contributed by atoms with Gasteiger partial charge in [-0.15, -0.1) is 0 Å². The minimum absolute atomic E-state index is 0.00979. The van der Waals surface area contributed by atoms with Crippen molar-refractivity contribution in [3.63, 3.8) is 0 Å². The SMILES string of the molecule is NC(=O)Cc1cccc2cn(-c3ccc(NC(=O)CN4CCCC4)cc3)nc12. The van der Waals surface area contributed by atoms with E-state index in [2.05, 4.69) is 15.3 Å². The van der Waals surface area contributed by atoms with Crippen molar-refractivity contribution in [2.24, 2.45) is 5.73 Å². The molecule has 2 aromatic carbocycles. The molecule has 28 heavy (non-hydrogen) atoms. The molecule has 0 unspecified atom stereocenters. The Morgan fingerprint density at radius 2 is 1.82 bits per heavy atom. The van der Waals surface area contributed by atoms with Gasteiger partial charge in [0.2, 0.25) is 11.8 Å². The highest BCUT2D eigenvalue weighted by molar-refractivity contribution is 5.92. The number of amides is 2. The van der Waals surface area contributed by atoms with Crippen molar-refractivity contribution in [3.8, 4) is 5.69 Å². The van der Waals surface area contributed by atoms with Crippen LogP contribution in [0, 0.1) is 0 Å². The van der Waals surface area contributed by atoms with Gasteiger partial charge in [-0.25, -0.2) is 4.68 Å². The molecule has 0 atom stereocenters. The largest absolute Gasteiger partial charge is 0.369 e. The lowest BCUT2D eigenvalue weighted by molar-refractivity contribution is -0.118. The number of hydrogen-bond donors (Lipinski definition) is 2. The van der Waals surface area contributed by atoms with Crippen LogP contribution in [0.25, 0.3) is 16.6 Å². The first-order chi connectivity index (χ1) is 13.6. The fourth-order valence-electron chi connectivity index (χ4n) is 3.61. The van der Waals surface area contributed by atoms with E-state index in [0.29, 0.717) is 6.54 Å². The van der Waals surface area contributed by atoms with Crippen LogP contribution in [0.5, 0.6) is 0 Å². The molecule has 4 rings (SSSR count). The maximum absolute atomic E-state index is 12.2. The van der Waals surface area contributed by atoms with E-state index in [1.165, 1.54) is 12.8 Å². The van der Waals surface area contributed by atoms with Gasteiger partial charge in [-0.3, -0.25) is 14.5 Å². The smallest absolute Gasteiger partial charge is 0.238 e. The molecule has 3 N–H and O–H groups in total. The molecule has 1 saturated heterocycles. The Kier molecular flexibility index (Phi) is 5.08. The Morgan fingerprint density at radius 3 is 2.54 bits per heavy atom. The summed E-state index contributed by atoms with van der Waals surface area (Å²) >= 11 is 0. The molecule has 3 aromatic rings. The first-order valence-electron chi connectivity index (χ1n) is 9.47. The Balaban J connectivity index is 1.49. The molecule has 0 spiro atoms. The molecule has 2 amide bonds. The molecule has 7 nitrogen and oxygen atoms in total. The number of carbonyl (C=O) groups is 2. The monoisotopic (exact) mass is 377 g/mol. The quantitative estimate of drug-likeness (QED) is 0.688. The van der Waals surface area contributed by atoms with Crippen molar-refractivity contribution < 1.29 is 9.59 Å². The summed E-state index contributed by atoms with van der Waals surface area (Å²) in [4.78, 5) is 25.6. The summed E-state index contributed by atoms with van der Waals surface area (Å²) in [7, 11) is 0. The number of nitrogens with two attached hydrogens (primary N) is 1. The van der Waals surface area contributed by atoms with Gasteiger partial charge < -0.3 is 11.1 Å². The number of nitrogens with zero attached hydrogens (tertiary/aromatic N) is 3. The van der Waals surface area contributed by atoms with Gasteiger partial charge in [-0.2, -0.15) is 5.10 Å². The number of benzene rings is 2. The van der Waals surface area contributed by atoms with Crippen LogP contribution < -0.4 is 11.1 Å². The maximum Gasteiger partial charge on any atom is 0.238 e. The van der Waals surface area contributed by atoms with Crippen LogP contribution in [0.3, 0.4) is 0 Å². The number of primary amides is 1. The average Bonchev–Trinajstić information content (AvgIpc) is 3.32. The van der Waals surface area contributed by atoms with Crippen molar-refractivity contribution in [2.45, 2.75) is 19.3 Å². The number of hydrogen-bond acceptors (Lipinski definition) is 4. The molecular formula is C21H23N5O2. The first kappa shape index (κ1) is 18.2. The Labute approximate surface area is 163 Å². The van der Waals surface area contributed by atoms with Crippen molar-refractivity contribution in [1.29, 1.82) is 0 Å². The Hall–Kier alpha value is -3.19. The lowest BCUT2D eigenvalue weighted by atomic mass is 10.1. The van der Waals surface area contributed by atoms with Crippen LogP contribution in [0.4, 0.5) is 5.69 Å². The molecule has 2 heterocycles. The number of nitrogens with one attached hydrogen (secondary N) is 1. The van der Waals surface area contributed by atoms with Gasteiger partial charge in [0.25, 0.3) is 0 Å². The summed E-state index contributed by atoms with van der Waals surface area (Å²) < 4.78 is 1.77. The highest BCUT2D eigenvalue weighted by Crippen LogP contribution is 2.21. The molecule has 1 aliphatic rings. The third-order valence-electron chi connectivity index (χ3n) is 4.97. The van der Waals surface area contributed by atoms with E-state index >= 15 is 0 Å². The van der Waals surface area contributed by atoms with Gasteiger partial charge in [0, 0.05) is 17.3 Å². The minimum atomic E-state index is -0.379. The van der Waals surface area contributed by atoms with Gasteiger partial charge in [0.1, 0.15) is 0 Å². The fourth-order valence-corrected chi connectivity index (χ4v) is 3.61. The van der Waals surface area contributed by atoms with Crippen LogP contribution in [0.1, 0.15) is 18.4 Å². The molecule has 0 aliphatic carbocycles. The third-order valence-corrected chi connectivity index (χ3v) is 4.97. The van der Waals surface area contributed by atoms with E-state index < -0.39 is 0 Å². The molecular weight excluding hydrogens is 354 g/mol. The van der Waals surface area contributed by atoms with Crippen molar-refractivity contribution in [2.75, 3.05) is 25.0 Å². The zero-order valence-corrected chi connectivity index (χ0v) is 15.6. The molecule has 7 heteroatoms. The molecule has 1 aliphatic heterocycles. The van der Waals surface area contributed by atoms with Crippen LogP contribution in [0.2, 0.25) is 0 Å². The standard InChI is InChI=1S/C21H23N5O2/c22-19(27)12-15-4-3-5-16-13-26(24-21(15)16)18-8-6-17(7-9-18)23-20(28)14-25-10-1-2-11-25/h3-9,13H,1-2,10-12,14H2,(H2,22,27)(H,23,28). The Bertz CT molecular complexity index is 1000. The highest BCUT2D eigenvalue weighted by atomic mass is 16.2. The minimum Gasteiger partial charge on any atom is -0.369 e. The van der Waals surface area contributed by atoms with Gasteiger partial charge in [0.05, 0.1) is 24.2 Å². The highest BCUT2D eigenvalue weighted by Gasteiger charge is 2.15. The number of anilines is 1. The molecule has 1 fully saturated rings. The summed E-state index contributed by atoms with van der Waals surface area (Å²) in [5, 5.41) is 8.50. The van der Waals surface area contributed by atoms with Gasteiger partial charge >= 0.3 is 0 Å². The second kappa shape index (κ2) is 7.82. The fraction of sp³-hybridized carbons (Fsp3) is 0.286. The van der Waals surface area contributed by atoms with Crippen molar-refractivity contribution in [3.05, 3.63) is 54.2 Å². The molecule has 0 saturated carbocycles. The topological polar surface area (TPSA) is 93.2 Å². The zero-order chi connectivity index (χ0) is 19.5. The van der Waals surface area contributed by atoms with Crippen molar-refractivity contribution in [1.82, 2.24) is 14.7 Å². The molecule has 0 radical (unpaired) electrons. The van der Waals surface area contributed by atoms with Crippen LogP contribution in [-0.2, 0) is 16.0 Å². The summed E-state index contributed by atoms with van der Waals surface area (Å²) in [5.41, 5.74) is 8.55. The van der Waals surface area contributed by atoms with Gasteiger partial charge in [-0.05, 0) is 55.8 Å². The number of aromatic nitrogens is 2. The number of carbonyl (C=O) groups excluding carboxylic acids is 2. The van der Waals surface area contributed by atoms with E-state index in [9.17, 15) is 9.59 Å². The summed E-state index contributed by atoms with van der Waals surface area (Å²) in [6.45, 7) is 2.43. The molecule has 0 bridgehead atoms. The predicted molar refractivity (Wildman–Crippen MR) is 108 cm³/mol. The second-order valence-corrected chi connectivity index (χ2v) is 7.15. The van der Waals surface area contributed by atoms with Crippen LogP contribution in [-0.4, -0.2) is 46.1 Å². The zero-order valence-electron chi connectivity index (χ0n) is 15.6. The average molecular weight is 377 g/mol. The molecule has 1 aromatic heterocycles. The van der Waals surface area contributed by atoms with Crippen LogP contribution >= 0.6 is 0 Å². The normalized spacial score (nSPS) is 14.4. The summed E-state index contributed by atoms with van der Waals surface area (Å²) in [5.74, 6) is -0.369. The van der Waals surface area contributed by atoms with Crippen molar-refractivity contribution >= 4 is 28.4 Å². The van der Waals surface area contributed by atoms with Gasteiger partial charge in [-0.1, -0.05) is 18.2 Å². The second-order valence-electron chi connectivity index (χ2n) is 7.15.